The van der Waals surface area contributed by atoms with Gasteiger partial charge in [0.15, 0.2) is 11.6 Å². The van der Waals surface area contributed by atoms with Crippen molar-refractivity contribution >= 4 is 23.9 Å². The van der Waals surface area contributed by atoms with Gasteiger partial charge in [0.2, 0.25) is 5.91 Å². The lowest BCUT2D eigenvalue weighted by Crippen LogP contribution is -2.35. The van der Waals surface area contributed by atoms with Crippen LogP contribution in [-0.2, 0) is 10.4 Å². The fourth-order valence-electron chi connectivity index (χ4n) is 2.67. The van der Waals surface area contributed by atoms with Crippen LogP contribution < -0.4 is 14.8 Å². The van der Waals surface area contributed by atoms with Gasteiger partial charge in [0.1, 0.15) is 18.8 Å². The van der Waals surface area contributed by atoms with Crippen LogP contribution in [0.2, 0.25) is 0 Å². The number of benzene rings is 1. The van der Waals surface area contributed by atoms with Crippen molar-refractivity contribution in [2.75, 3.05) is 32.0 Å². The molecule has 11 heteroatoms. The largest absolute Gasteiger partial charge is 0.485 e. The predicted octanol–water partition coefficient (Wildman–Crippen LogP) is 2.41. The lowest BCUT2D eigenvalue weighted by Gasteiger charge is -2.28. The number of halogens is 3. The highest BCUT2D eigenvalue weighted by molar-refractivity contribution is 7.97. The molecule has 1 aromatic rings. The van der Waals surface area contributed by atoms with E-state index in [0.29, 0.717) is 24.3 Å². The van der Waals surface area contributed by atoms with Crippen molar-refractivity contribution in [3.05, 3.63) is 41.7 Å². The van der Waals surface area contributed by atoms with Crippen LogP contribution in [0.4, 0.5) is 18.0 Å². The van der Waals surface area contributed by atoms with E-state index in [2.05, 4.69) is 10.0 Å². The monoisotopic (exact) mass is 447 g/mol. The van der Waals surface area contributed by atoms with Crippen LogP contribution >= 0.6 is 11.9 Å². The molecule has 7 nitrogen and oxygen atoms in total. The summed E-state index contributed by atoms with van der Waals surface area (Å²) in [4.78, 5) is 23.8. The SMILES string of the molecule is CCC(O)(CNSC/C=C/CN1CC(=O)NC1=O)c1ccc(F)c(OCC(F)F)c1. The topological polar surface area (TPSA) is 90.9 Å². The van der Waals surface area contributed by atoms with E-state index in [1.54, 1.807) is 13.0 Å². The molecule has 1 fully saturated rings. The Hall–Kier alpha value is -2.24. The summed E-state index contributed by atoms with van der Waals surface area (Å²) in [6.45, 7) is 1.30. The first-order chi connectivity index (χ1) is 14.2. The van der Waals surface area contributed by atoms with Gasteiger partial charge in [0.05, 0.1) is 0 Å². The lowest BCUT2D eigenvalue weighted by atomic mass is 9.91. The van der Waals surface area contributed by atoms with Crippen LogP contribution in [0, 0.1) is 5.82 Å². The fraction of sp³-hybridized carbons (Fsp3) is 0.474. The summed E-state index contributed by atoms with van der Waals surface area (Å²) in [5.74, 6) is -0.903. The number of carbonyl (C=O) groups is 2. The molecule has 30 heavy (non-hydrogen) atoms. The Labute approximate surface area is 176 Å². The Kier molecular flexibility index (Phi) is 9.00. The number of carbonyl (C=O) groups excluding carboxylic acids is 2. The molecule has 1 aromatic carbocycles. The molecule has 1 heterocycles. The molecule has 0 radical (unpaired) electrons. The van der Waals surface area contributed by atoms with Crippen molar-refractivity contribution in [3.63, 3.8) is 0 Å². The van der Waals surface area contributed by atoms with Crippen molar-refractivity contribution < 1.29 is 32.6 Å². The van der Waals surface area contributed by atoms with Gasteiger partial charge in [-0.3, -0.25) is 14.8 Å². The number of nitrogens with zero attached hydrogens (tertiary/aromatic N) is 1. The first-order valence-corrected chi connectivity index (χ1v) is 10.3. The molecule has 1 atom stereocenters. The van der Waals surface area contributed by atoms with Gasteiger partial charge in [-0.2, -0.15) is 0 Å². The summed E-state index contributed by atoms with van der Waals surface area (Å²) in [5.41, 5.74) is -0.995. The van der Waals surface area contributed by atoms with E-state index in [0.717, 1.165) is 6.07 Å². The summed E-state index contributed by atoms with van der Waals surface area (Å²) in [7, 11) is 0. The smallest absolute Gasteiger partial charge is 0.324 e. The predicted molar refractivity (Wildman–Crippen MR) is 107 cm³/mol. The third-order valence-electron chi connectivity index (χ3n) is 4.42. The summed E-state index contributed by atoms with van der Waals surface area (Å²) in [6.07, 6.45) is 1.14. The number of nitrogens with one attached hydrogen (secondary N) is 2. The highest BCUT2D eigenvalue weighted by atomic mass is 32.2. The van der Waals surface area contributed by atoms with Gasteiger partial charge in [-0.05, 0) is 24.1 Å². The Morgan fingerprint density at radius 2 is 2.17 bits per heavy atom. The quantitative estimate of drug-likeness (QED) is 0.197. The van der Waals surface area contributed by atoms with Crippen LogP contribution in [0.1, 0.15) is 18.9 Å². The zero-order chi connectivity index (χ0) is 22.1. The van der Waals surface area contributed by atoms with E-state index < -0.39 is 30.5 Å². The van der Waals surface area contributed by atoms with Gasteiger partial charge in [0, 0.05) is 18.8 Å². The van der Waals surface area contributed by atoms with Crippen LogP contribution in [0.3, 0.4) is 0 Å². The van der Waals surface area contributed by atoms with Gasteiger partial charge in [-0.15, -0.1) is 0 Å². The second kappa shape index (κ2) is 11.2. The first-order valence-electron chi connectivity index (χ1n) is 9.27. The molecule has 3 N–H and O–H groups in total. The summed E-state index contributed by atoms with van der Waals surface area (Å²) in [5, 5.41) is 13.1. The molecule has 0 bridgehead atoms. The number of ether oxygens (including phenoxy) is 1. The van der Waals surface area contributed by atoms with E-state index in [4.69, 9.17) is 4.74 Å². The molecule has 1 saturated heterocycles. The lowest BCUT2D eigenvalue weighted by molar-refractivity contribution is -0.118. The Bertz CT molecular complexity index is 781. The number of hydrogen-bond donors (Lipinski definition) is 3. The third kappa shape index (κ3) is 6.92. The minimum absolute atomic E-state index is 0.0405. The van der Waals surface area contributed by atoms with Crippen molar-refractivity contribution in [1.29, 1.82) is 0 Å². The molecule has 3 amide bonds. The Morgan fingerprint density at radius 1 is 1.40 bits per heavy atom. The number of imide groups is 1. The molecule has 1 aliphatic heterocycles. The number of hydrogen-bond acceptors (Lipinski definition) is 6. The van der Waals surface area contributed by atoms with Crippen molar-refractivity contribution in [2.45, 2.75) is 25.4 Å². The maximum Gasteiger partial charge on any atom is 0.324 e. The Balaban J connectivity index is 1.82. The minimum atomic E-state index is -2.73. The molecule has 0 spiro atoms. The van der Waals surface area contributed by atoms with Gasteiger partial charge >= 0.3 is 6.03 Å². The normalized spacial score (nSPS) is 16.4. The van der Waals surface area contributed by atoms with E-state index in [-0.39, 0.29) is 24.7 Å². The van der Waals surface area contributed by atoms with Crippen molar-refractivity contribution in [2.24, 2.45) is 0 Å². The molecule has 0 saturated carbocycles. The molecule has 166 valence electrons. The fourth-order valence-corrected chi connectivity index (χ4v) is 3.36. The second-order valence-corrected chi connectivity index (χ2v) is 7.48. The van der Waals surface area contributed by atoms with Gasteiger partial charge in [0.25, 0.3) is 6.43 Å². The second-order valence-electron chi connectivity index (χ2n) is 6.57. The molecule has 0 aliphatic carbocycles. The zero-order valence-corrected chi connectivity index (χ0v) is 17.2. The van der Waals surface area contributed by atoms with Gasteiger partial charge < -0.3 is 14.7 Å². The van der Waals surface area contributed by atoms with Gasteiger partial charge in [-0.25, -0.2) is 18.0 Å². The number of rotatable bonds is 12. The zero-order valence-electron chi connectivity index (χ0n) is 16.4. The average molecular weight is 447 g/mol. The number of urea groups is 1. The summed E-state index contributed by atoms with van der Waals surface area (Å²) >= 11 is 1.31. The highest BCUT2D eigenvalue weighted by Crippen LogP contribution is 2.29. The number of aliphatic hydroxyl groups is 1. The molecule has 0 aromatic heterocycles. The average Bonchev–Trinajstić information content (AvgIpc) is 3.03. The van der Waals surface area contributed by atoms with Crippen LogP contribution in [-0.4, -0.2) is 60.4 Å². The van der Waals surface area contributed by atoms with Crippen LogP contribution in [0.25, 0.3) is 0 Å². The van der Waals surface area contributed by atoms with Crippen LogP contribution in [0.5, 0.6) is 5.75 Å². The molecular formula is C19H24F3N3O4S. The molecule has 1 unspecified atom stereocenters. The van der Waals surface area contributed by atoms with E-state index >= 15 is 0 Å². The third-order valence-corrected chi connectivity index (χ3v) is 5.13. The van der Waals surface area contributed by atoms with Crippen molar-refractivity contribution in [1.82, 2.24) is 14.9 Å². The maximum absolute atomic E-state index is 13.8. The maximum atomic E-state index is 13.8. The first kappa shape index (κ1) is 24.0. The standard InChI is InChI=1S/C19H24F3N3O4S/c1-2-19(28,13-5-6-14(20)15(9-13)29-11-16(21)22)12-23-30-8-4-3-7-25-10-17(26)24-18(25)27/h3-6,9,16,23,28H,2,7-8,10-12H2,1H3,(H,24,26,27)/b4-3+. The summed E-state index contributed by atoms with van der Waals surface area (Å²) in [6, 6.07) is 3.28. The molecule has 2 rings (SSSR count). The minimum Gasteiger partial charge on any atom is -0.485 e. The van der Waals surface area contributed by atoms with Gasteiger partial charge in [-0.1, -0.05) is 37.1 Å². The van der Waals surface area contributed by atoms with E-state index in [1.807, 2.05) is 6.08 Å². The molecular weight excluding hydrogens is 423 g/mol. The summed E-state index contributed by atoms with van der Waals surface area (Å²) < 4.78 is 46.2. The number of alkyl halides is 2. The number of amides is 3. The van der Waals surface area contributed by atoms with Crippen LogP contribution in [0.15, 0.2) is 30.4 Å². The Morgan fingerprint density at radius 3 is 2.80 bits per heavy atom. The van der Waals surface area contributed by atoms with Crippen molar-refractivity contribution in [3.8, 4) is 5.75 Å². The van der Waals surface area contributed by atoms with E-state index in [9.17, 15) is 27.9 Å². The highest BCUT2D eigenvalue weighted by Gasteiger charge is 2.28. The van der Waals surface area contributed by atoms with E-state index in [1.165, 1.54) is 29.0 Å². The molecule has 1 aliphatic rings.